The van der Waals surface area contributed by atoms with E-state index in [0.29, 0.717) is 52.4 Å². The number of carbonyl (C=O) groups excluding carboxylic acids is 3. The molecule has 6 N–H and O–H groups in total. The Morgan fingerprint density at radius 3 is 2.62 bits per heavy atom. The number of anilines is 2. The van der Waals surface area contributed by atoms with E-state index < -0.39 is 51.5 Å². The number of hydrogen-bond donors (Lipinski definition) is 5. The second kappa shape index (κ2) is 20.2. The molecule has 15 nitrogen and oxygen atoms in total. The summed E-state index contributed by atoms with van der Waals surface area (Å²) >= 11 is 1.47. The van der Waals surface area contributed by atoms with Gasteiger partial charge in [-0.3, -0.25) is 14.4 Å². The van der Waals surface area contributed by atoms with Crippen LogP contribution in [0.15, 0.2) is 71.0 Å². The summed E-state index contributed by atoms with van der Waals surface area (Å²) in [6.45, 7) is 8.79. The molecule has 2 fully saturated rings. The Labute approximate surface area is 379 Å². The van der Waals surface area contributed by atoms with Crippen molar-refractivity contribution in [2.24, 2.45) is 17.6 Å². The average molecular weight is 924 g/mol. The van der Waals surface area contributed by atoms with Gasteiger partial charge in [0.25, 0.3) is 15.9 Å². The highest BCUT2D eigenvalue weighted by atomic mass is 35.5. The number of rotatable bonds is 12. The van der Waals surface area contributed by atoms with E-state index in [9.17, 15) is 22.8 Å². The lowest BCUT2D eigenvalue weighted by molar-refractivity contribution is -0.140. The molecule has 7 rings (SSSR count). The molecule has 1 aliphatic carbocycles. The first-order valence-electron chi connectivity index (χ1n) is 21.5. The molecule has 340 valence electrons. The molecular weight excluding hydrogens is 864 g/mol. The summed E-state index contributed by atoms with van der Waals surface area (Å²) in [6, 6.07) is 12.5. The van der Waals surface area contributed by atoms with Crippen molar-refractivity contribution in [1.29, 1.82) is 0 Å². The van der Waals surface area contributed by atoms with Gasteiger partial charge in [-0.05, 0) is 76.1 Å². The number of hydrogen-bond acceptors (Lipinski definition) is 13. The molecule has 3 amide bonds. The van der Waals surface area contributed by atoms with Crippen molar-refractivity contribution in [3.8, 4) is 22.9 Å². The average Bonchev–Trinajstić information content (AvgIpc) is 3.48. The number of amides is 3. The first-order chi connectivity index (χ1) is 29.6. The van der Waals surface area contributed by atoms with E-state index in [4.69, 9.17) is 25.2 Å². The zero-order chi connectivity index (χ0) is 44.2. The molecule has 5 atom stereocenters. The Morgan fingerprint density at radius 1 is 1.06 bits per heavy atom. The molecule has 0 radical (unpaired) electrons. The van der Waals surface area contributed by atoms with Crippen molar-refractivity contribution in [3.05, 3.63) is 66.1 Å². The Morgan fingerprint density at radius 2 is 1.86 bits per heavy atom. The largest absolute Gasteiger partial charge is 0.497 e. The molecule has 1 saturated heterocycles. The summed E-state index contributed by atoms with van der Waals surface area (Å²) in [5, 5.41) is 12.9. The quantitative estimate of drug-likeness (QED) is 0.0949. The predicted octanol–water partition coefficient (Wildman–Crippen LogP) is 6.64. The van der Waals surface area contributed by atoms with E-state index >= 15 is 0 Å². The predicted molar refractivity (Wildman–Crippen MR) is 249 cm³/mol. The van der Waals surface area contributed by atoms with E-state index in [0.717, 1.165) is 30.8 Å². The number of nitrogens with zero attached hydrogens (tertiary/aromatic N) is 3. The van der Waals surface area contributed by atoms with Gasteiger partial charge in [0.1, 0.15) is 39.8 Å². The Hall–Kier alpha value is -4.97. The summed E-state index contributed by atoms with van der Waals surface area (Å²) in [5.41, 5.74) is 7.12. The van der Waals surface area contributed by atoms with Crippen LogP contribution in [0.5, 0.6) is 11.5 Å². The SMILES string of the molecule is COc1ccc2c(O[C@@H]3C[C@@H](C(=O)N[C@]45C[C@H]4/C=C\CCCCCNc4ccccc4S(=O)(=O)NC5=O)N(C(=O)C[C@@H](N)CC(C)C)C3)cc(-c3csc(NC(C)C)n3)nc2c1.Cl. The molecule has 2 aliphatic heterocycles. The highest BCUT2D eigenvalue weighted by Gasteiger charge is 2.61. The van der Waals surface area contributed by atoms with Crippen LogP contribution in [0.2, 0.25) is 0 Å². The normalized spacial score (nSPS) is 23.1. The van der Waals surface area contributed by atoms with Crippen LogP contribution in [0.25, 0.3) is 22.3 Å². The number of allylic oxidation sites excluding steroid dienone is 1. The second-order valence-electron chi connectivity index (χ2n) is 17.3. The van der Waals surface area contributed by atoms with Gasteiger partial charge in [-0.15, -0.1) is 23.7 Å². The van der Waals surface area contributed by atoms with Crippen LogP contribution in [0.4, 0.5) is 10.8 Å². The standard InChI is InChI=1S/C45H58N8O7S2.ClH/c1-27(2)19-30(46)20-41(54)53-25-32(60-39-23-36(37-26-61-44(50-37)48-28(3)4)49-35-21-31(59-5)16-17-33(35)39)22-38(53)42(55)51-45-24-29(45)13-9-7-6-8-12-18-47-34-14-10-11-15-40(34)62(57,58)52-43(45)56;/h9-11,13-17,21,23,26-30,32,38,47H,6-8,12,18-20,22,24-25,46H2,1-5H3,(H,48,50)(H,51,55)(H,52,56);1H/b13-9-;/t29-,30+,32-,38+,45-;/m1./s1. The minimum absolute atomic E-state index is 0. The molecule has 63 heavy (non-hydrogen) atoms. The maximum Gasteiger partial charge on any atom is 0.266 e. The molecule has 2 aromatic carbocycles. The summed E-state index contributed by atoms with van der Waals surface area (Å²) in [7, 11) is -2.76. The smallest absolute Gasteiger partial charge is 0.266 e. The van der Waals surface area contributed by atoms with Crippen molar-refractivity contribution in [2.75, 3.05) is 30.8 Å². The van der Waals surface area contributed by atoms with Crippen molar-refractivity contribution in [2.45, 2.75) is 114 Å². The zero-order valence-corrected chi connectivity index (χ0v) is 38.8. The fourth-order valence-electron chi connectivity index (χ4n) is 8.30. The van der Waals surface area contributed by atoms with Gasteiger partial charge >= 0.3 is 0 Å². The van der Waals surface area contributed by atoms with Crippen molar-refractivity contribution < 1.29 is 32.3 Å². The van der Waals surface area contributed by atoms with Gasteiger partial charge in [-0.2, -0.15) is 0 Å². The van der Waals surface area contributed by atoms with Crippen LogP contribution < -0.4 is 35.9 Å². The fraction of sp³-hybridized carbons (Fsp3) is 0.489. The molecule has 0 bridgehead atoms. The topological polar surface area (TPSA) is 207 Å². The van der Waals surface area contributed by atoms with Crippen LogP contribution in [-0.4, -0.2) is 91.0 Å². The lowest BCUT2D eigenvalue weighted by Crippen LogP contribution is -2.56. The van der Waals surface area contributed by atoms with Crippen molar-refractivity contribution in [1.82, 2.24) is 24.9 Å². The number of sulfonamides is 1. The summed E-state index contributed by atoms with van der Waals surface area (Å²) in [4.78, 5) is 54.1. The van der Waals surface area contributed by atoms with Gasteiger partial charge in [0.05, 0.1) is 30.6 Å². The fourth-order valence-corrected chi connectivity index (χ4v) is 10.4. The number of fused-ring (bicyclic) bond motifs is 3. The van der Waals surface area contributed by atoms with Gasteiger partial charge in [0.2, 0.25) is 11.8 Å². The molecular formula is C45H59ClN8O7S2. The minimum atomic E-state index is -4.35. The molecule has 3 aliphatic rings. The van der Waals surface area contributed by atoms with Crippen LogP contribution >= 0.6 is 23.7 Å². The van der Waals surface area contributed by atoms with Gasteiger partial charge in [-0.25, -0.2) is 23.1 Å². The highest BCUT2D eigenvalue weighted by Crippen LogP contribution is 2.46. The summed E-state index contributed by atoms with van der Waals surface area (Å²) in [6.07, 6.45) is 7.60. The van der Waals surface area contributed by atoms with Gasteiger partial charge < -0.3 is 36.1 Å². The summed E-state index contributed by atoms with van der Waals surface area (Å²) in [5.74, 6) is -0.844. The lowest BCUT2D eigenvalue weighted by Gasteiger charge is -2.27. The van der Waals surface area contributed by atoms with Gasteiger partial charge in [0.15, 0.2) is 5.13 Å². The number of carbonyl (C=O) groups is 3. The number of nitrogens with two attached hydrogens (primary N) is 1. The van der Waals surface area contributed by atoms with E-state index in [-0.39, 0.29) is 61.0 Å². The van der Waals surface area contributed by atoms with Crippen LogP contribution in [0.1, 0.15) is 79.1 Å². The van der Waals surface area contributed by atoms with E-state index in [1.54, 1.807) is 25.3 Å². The molecule has 4 aromatic rings. The minimum Gasteiger partial charge on any atom is -0.497 e. The van der Waals surface area contributed by atoms with Crippen LogP contribution in [-0.2, 0) is 24.4 Å². The number of halogens is 1. The third-order valence-electron chi connectivity index (χ3n) is 11.4. The first kappa shape index (κ1) is 47.5. The summed E-state index contributed by atoms with van der Waals surface area (Å²) < 4.78 is 42.2. The third kappa shape index (κ3) is 11.2. The number of nitrogens with one attached hydrogen (secondary N) is 4. The number of methoxy groups -OCH3 is 1. The van der Waals surface area contributed by atoms with Crippen molar-refractivity contribution >= 4 is 73.2 Å². The molecule has 18 heteroatoms. The Balaban J connectivity index is 0.00000661. The highest BCUT2D eigenvalue weighted by molar-refractivity contribution is 7.90. The van der Waals surface area contributed by atoms with Crippen LogP contribution in [0.3, 0.4) is 0 Å². The molecule has 2 aromatic heterocycles. The monoisotopic (exact) mass is 922 g/mol. The Bertz CT molecular complexity index is 2430. The Kier molecular flexibility index (Phi) is 15.3. The van der Waals surface area contributed by atoms with Crippen molar-refractivity contribution in [3.63, 3.8) is 0 Å². The van der Waals surface area contributed by atoms with E-state index in [2.05, 4.69) is 20.7 Å². The zero-order valence-electron chi connectivity index (χ0n) is 36.4. The van der Waals surface area contributed by atoms with E-state index in [1.807, 2.05) is 69.5 Å². The van der Waals surface area contributed by atoms with Crippen LogP contribution in [0, 0.1) is 11.8 Å². The number of ether oxygens (including phenoxy) is 2. The van der Waals surface area contributed by atoms with E-state index in [1.165, 1.54) is 22.3 Å². The molecule has 0 spiro atoms. The molecule has 0 unspecified atom stereocenters. The number of benzene rings is 2. The number of aromatic nitrogens is 2. The second-order valence-corrected chi connectivity index (χ2v) is 19.8. The molecule has 4 heterocycles. The number of thiazole rings is 1. The third-order valence-corrected chi connectivity index (χ3v) is 13.6. The number of pyridine rings is 1. The molecule has 1 saturated carbocycles. The maximum atomic E-state index is 14.7. The number of likely N-dealkylation sites (tertiary alicyclic amines) is 1. The lowest BCUT2D eigenvalue weighted by atomic mass is 10.0. The first-order valence-corrected chi connectivity index (χ1v) is 23.8. The maximum absolute atomic E-state index is 14.7. The van der Waals surface area contributed by atoms with Gasteiger partial charge in [0, 0.05) is 60.3 Å². The van der Waals surface area contributed by atoms with Gasteiger partial charge in [-0.1, -0.05) is 44.6 Å². The number of para-hydroxylation sites is 1.